The fourth-order valence-electron chi connectivity index (χ4n) is 2.00. The zero-order valence-corrected chi connectivity index (χ0v) is 13.3. The molecule has 1 heterocycles. The minimum atomic E-state index is -0.143. The molecule has 2 N–H and O–H groups in total. The molecular weight excluding hydrogens is 278 g/mol. The van der Waals surface area contributed by atoms with Crippen molar-refractivity contribution < 1.29 is 9.53 Å². The first kappa shape index (κ1) is 16.2. The molecule has 118 valence electrons. The second-order valence-electron chi connectivity index (χ2n) is 5.56. The maximum Gasteiger partial charge on any atom is 0.269 e. The van der Waals surface area contributed by atoms with Gasteiger partial charge in [-0.25, -0.2) is 0 Å². The first-order valence-corrected chi connectivity index (χ1v) is 7.58. The predicted molar refractivity (Wildman–Crippen MR) is 86.8 cm³/mol. The third-order valence-electron chi connectivity index (χ3n) is 3.23. The van der Waals surface area contributed by atoms with E-state index in [1.54, 1.807) is 6.07 Å². The Morgan fingerprint density at radius 2 is 2.05 bits per heavy atom. The van der Waals surface area contributed by atoms with Crippen molar-refractivity contribution in [2.75, 3.05) is 13.2 Å². The summed E-state index contributed by atoms with van der Waals surface area (Å²) in [6, 6.07) is 9.81. The quantitative estimate of drug-likeness (QED) is 0.773. The standard InChI is InChI=1S/C17H23N3O2/c1-12(2)22-10-4-9-18-17(21)16-11-15(19-20-16)14-7-5-13(3)6-8-14/h5-8,11-12H,4,9-10H2,1-3H3,(H,18,21)(H,19,20). The van der Waals surface area contributed by atoms with Crippen LogP contribution in [0, 0.1) is 6.92 Å². The Morgan fingerprint density at radius 1 is 1.32 bits per heavy atom. The minimum absolute atomic E-state index is 0.143. The highest BCUT2D eigenvalue weighted by atomic mass is 16.5. The zero-order valence-electron chi connectivity index (χ0n) is 13.3. The molecule has 0 aliphatic heterocycles. The number of aromatic nitrogens is 2. The molecule has 0 unspecified atom stereocenters. The molecule has 0 aliphatic rings. The molecule has 0 bridgehead atoms. The number of hydrogen-bond donors (Lipinski definition) is 2. The lowest BCUT2D eigenvalue weighted by molar-refractivity contribution is 0.0756. The number of carbonyl (C=O) groups is 1. The van der Waals surface area contributed by atoms with Gasteiger partial charge in [0.05, 0.1) is 11.8 Å². The lowest BCUT2D eigenvalue weighted by Gasteiger charge is -2.07. The number of amides is 1. The van der Waals surface area contributed by atoms with Crippen molar-refractivity contribution in [1.82, 2.24) is 15.5 Å². The van der Waals surface area contributed by atoms with Crippen LogP contribution in [-0.2, 0) is 4.74 Å². The molecule has 0 atom stereocenters. The topological polar surface area (TPSA) is 67.0 Å². The van der Waals surface area contributed by atoms with E-state index in [1.165, 1.54) is 5.56 Å². The monoisotopic (exact) mass is 301 g/mol. The molecule has 0 aliphatic carbocycles. The molecular formula is C17H23N3O2. The van der Waals surface area contributed by atoms with Gasteiger partial charge in [-0.3, -0.25) is 9.89 Å². The van der Waals surface area contributed by atoms with Gasteiger partial charge in [-0.05, 0) is 33.3 Å². The number of H-pyrrole nitrogens is 1. The van der Waals surface area contributed by atoms with Crippen molar-refractivity contribution in [3.05, 3.63) is 41.6 Å². The van der Waals surface area contributed by atoms with Crippen molar-refractivity contribution in [1.29, 1.82) is 0 Å². The molecule has 0 spiro atoms. The molecule has 2 rings (SSSR count). The Morgan fingerprint density at radius 3 is 2.73 bits per heavy atom. The maximum atomic E-state index is 12.0. The SMILES string of the molecule is Cc1ccc(-c2cc(C(=O)NCCCOC(C)C)[nH]n2)cc1. The van der Waals surface area contributed by atoms with Gasteiger partial charge in [0.2, 0.25) is 0 Å². The number of rotatable bonds is 7. The van der Waals surface area contributed by atoms with Crippen molar-refractivity contribution in [3.8, 4) is 11.3 Å². The Hall–Kier alpha value is -2.14. The van der Waals surface area contributed by atoms with Gasteiger partial charge in [-0.2, -0.15) is 5.10 Å². The third-order valence-corrected chi connectivity index (χ3v) is 3.23. The summed E-state index contributed by atoms with van der Waals surface area (Å²) in [6.07, 6.45) is 1.02. The first-order valence-electron chi connectivity index (χ1n) is 7.58. The smallest absolute Gasteiger partial charge is 0.269 e. The number of ether oxygens (including phenoxy) is 1. The van der Waals surface area contributed by atoms with E-state index >= 15 is 0 Å². The summed E-state index contributed by atoms with van der Waals surface area (Å²) < 4.78 is 5.43. The minimum Gasteiger partial charge on any atom is -0.379 e. The molecule has 1 amide bonds. The Balaban J connectivity index is 1.85. The lowest BCUT2D eigenvalue weighted by Crippen LogP contribution is -2.25. The number of aromatic amines is 1. The van der Waals surface area contributed by atoms with E-state index in [9.17, 15) is 4.79 Å². The van der Waals surface area contributed by atoms with Gasteiger partial charge < -0.3 is 10.1 Å². The van der Waals surface area contributed by atoms with E-state index in [1.807, 2.05) is 45.0 Å². The molecule has 1 aromatic carbocycles. The molecule has 0 saturated heterocycles. The Kier molecular flexibility index (Phi) is 5.72. The lowest BCUT2D eigenvalue weighted by atomic mass is 10.1. The highest BCUT2D eigenvalue weighted by molar-refractivity contribution is 5.93. The van der Waals surface area contributed by atoms with E-state index in [-0.39, 0.29) is 12.0 Å². The van der Waals surface area contributed by atoms with Gasteiger partial charge in [-0.15, -0.1) is 0 Å². The van der Waals surface area contributed by atoms with Crippen LogP contribution in [0.15, 0.2) is 30.3 Å². The molecule has 1 aromatic heterocycles. The molecule has 0 fully saturated rings. The number of nitrogens with zero attached hydrogens (tertiary/aromatic N) is 1. The summed E-state index contributed by atoms with van der Waals surface area (Å²) in [6.45, 7) is 7.27. The van der Waals surface area contributed by atoms with Crippen molar-refractivity contribution in [3.63, 3.8) is 0 Å². The fraction of sp³-hybridized carbons (Fsp3) is 0.412. The number of nitrogens with one attached hydrogen (secondary N) is 2. The average molecular weight is 301 g/mol. The van der Waals surface area contributed by atoms with E-state index in [0.717, 1.165) is 17.7 Å². The van der Waals surface area contributed by atoms with E-state index < -0.39 is 0 Å². The molecule has 5 heteroatoms. The van der Waals surface area contributed by atoms with Crippen molar-refractivity contribution in [2.24, 2.45) is 0 Å². The Bertz CT molecular complexity index is 603. The van der Waals surface area contributed by atoms with Gasteiger partial charge in [0.25, 0.3) is 5.91 Å². The van der Waals surface area contributed by atoms with Crippen LogP contribution >= 0.6 is 0 Å². The molecule has 0 radical (unpaired) electrons. The number of hydrogen-bond acceptors (Lipinski definition) is 3. The molecule has 2 aromatic rings. The fourth-order valence-corrected chi connectivity index (χ4v) is 2.00. The van der Waals surface area contributed by atoms with Crippen molar-refractivity contribution in [2.45, 2.75) is 33.3 Å². The van der Waals surface area contributed by atoms with Crippen LogP contribution < -0.4 is 5.32 Å². The van der Waals surface area contributed by atoms with Crippen LogP contribution in [0.3, 0.4) is 0 Å². The summed E-state index contributed by atoms with van der Waals surface area (Å²) >= 11 is 0. The number of benzene rings is 1. The van der Waals surface area contributed by atoms with E-state index in [2.05, 4.69) is 15.5 Å². The zero-order chi connectivity index (χ0) is 15.9. The largest absolute Gasteiger partial charge is 0.379 e. The van der Waals surface area contributed by atoms with Crippen LogP contribution in [0.5, 0.6) is 0 Å². The normalized spacial score (nSPS) is 10.9. The van der Waals surface area contributed by atoms with Gasteiger partial charge in [0.15, 0.2) is 0 Å². The van der Waals surface area contributed by atoms with Crippen LogP contribution in [0.1, 0.15) is 36.3 Å². The second-order valence-corrected chi connectivity index (χ2v) is 5.56. The second kappa shape index (κ2) is 7.75. The summed E-state index contributed by atoms with van der Waals surface area (Å²) in [5, 5.41) is 9.84. The van der Waals surface area contributed by atoms with Gasteiger partial charge >= 0.3 is 0 Å². The maximum absolute atomic E-state index is 12.0. The number of carbonyl (C=O) groups excluding carboxylic acids is 1. The summed E-state index contributed by atoms with van der Waals surface area (Å²) in [5.74, 6) is -0.143. The summed E-state index contributed by atoms with van der Waals surface area (Å²) in [5.41, 5.74) is 3.43. The average Bonchev–Trinajstić information content (AvgIpc) is 2.97. The molecule has 5 nitrogen and oxygen atoms in total. The third kappa shape index (κ3) is 4.70. The molecule has 0 saturated carbocycles. The first-order chi connectivity index (χ1) is 10.6. The van der Waals surface area contributed by atoms with Gasteiger partial charge in [0.1, 0.15) is 5.69 Å². The summed E-state index contributed by atoms with van der Waals surface area (Å²) in [7, 11) is 0. The van der Waals surface area contributed by atoms with Crippen LogP contribution in [-0.4, -0.2) is 35.4 Å². The predicted octanol–water partition coefficient (Wildman–Crippen LogP) is 2.93. The summed E-state index contributed by atoms with van der Waals surface area (Å²) in [4.78, 5) is 12.0. The highest BCUT2D eigenvalue weighted by Gasteiger charge is 2.10. The van der Waals surface area contributed by atoms with Gasteiger partial charge in [0, 0.05) is 18.7 Å². The van der Waals surface area contributed by atoms with Crippen LogP contribution in [0.4, 0.5) is 0 Å². The highest BCUT2D eigenvalue weighted by Crippen LogP contribution is 2.18. The number of aryl methyl sites for hydroxylation is 1. The van der Waals surface area contributed by atoms with Crippen molar-refractivity contribution >= 4 is 5.91 Å². The van der Waals surface area contributed by atoms with Gasteiger partial charge in [-0.1, -0.05) is 29.8 Å². The van der Waals surface area contributed by atoms with Crippen LogP contribution in [0.25, 0.3) is 11.3 Å². The van der Waals surface area contributed by atoms with E-state index in [4.69, 9.17) is 4.74 Å². The van der Waals surface area contributed by atoms with Crippen LogP contribution in [0.2, 0.25) is 0 Å². The Labute approximate surface area is 131 Å². The van der Waals surface area contributed by atoms with E-state index in [0.29, 0.717) is 18.8 Å². The molecule has 22 heavy (non-hydrogen) atoms.